The zero-order valence-electron chi connectivity index (χ0n) is 10.8. The highest BCUT2D eigenvalue weighted by Gasteiger charge is 2.39. The highest BCUT2D eigenvalue weighted by Crippen LogP contribution is 2.31. The van der Waals surface area contributed by atoms with Crippen molar-refractivity contribution in [1.82, 2.24) is 4.90 Å². The Bertz CT molecular complexity index is 292. The van der Waals surface area contributed by atoms with Crippen LogP contribution in [-0.4, -0.2) is 23.9 Å². The first-order valence-corrected chi connectivity index (χ1v) is 6.16. The SMILES string of the molecule is CCC1CN(C(=O)C(C)(C)C#N)CC1CC. The molecule has 0 aromatic carbocycles. The minimum Gasteiger partial charge on any atom is -0.341 e. The molecule has 90 valence electrons. The van der Waals surface area contributed by atoms with Crippen molar-refractivity contribution in [2.75, 3.05) is 13.1 Å². The molecule has 3 heteroatoms. The molecule has 1 aliphatic rings. The average molecular weight is 222 g/mol. The predicted octanol–water partition coefficient (Wildman–Crippen LogP) is 2.43. The van der Waals surface area contributed by atoms with Gasteiger partial charge in [0.15, 0.2) is 0 Å². The van der Waals surface area contributed by atoms with Crippen molar-refractivity contribution < 1.29 is 4.79 Å². The summed E-state index contributed by atoms with van der Waals surface area (Å²) in [4.78, 5) is 14.0. The van der Waals surface area contributed by atoms with Crippen molar-refractivity contribution in [1.29, 1.82) is 5.26 Å². The summed E-state index contributed by atoms with van der Waals surface area (Å²) in [5.74, 6) is 1.22. The lowest BCUT2D eigenvalue weighted by atomic mass is 9.92. The van der Waals surface area contributed by atoms with Crippen molar-refractivity contribution in [3.8, 4) is 6.07 Å². The van der Waals surface area contributed by atoms with Crippen molar-refractivity contribution in [3.63, 3.8) is 0 Å². The van der Waals surface area contributed by atoms with Gasteiger partial charge in [0, 0.05) is 13.1 Å². The molecule has 1 heterocycles. The van der Waals surface area contributed by atoms with E-state index in [9.17, 15) is 4.79 Å². The van der Waals surface area contributed by atoms with E-state index in [1.165, 1.54) is 0 Å². The van der Waals surface area contributed by atoms with Crippen LogP contribution in [0.25, 0.3) is 0 Å². The predicted molar refractivity (Wildman–Crippen MR) is 63.5 cm³/mol. The molecule has 1 amide bonds. The summed E-state index contributed by atoms with van der Waals surface area (Å²) in [6, 6.07) is 2.09. The van der Waals surface area contributed by atoms with E-state index in [1.807, 2.05) is 4.90 Å². The molecule has 0 aromatic rings. The molecule has 0 bridgehead atoms. The Hall–Kier alpha value is -1.04. The van der Waals surface area contributed by atoms with Crippen LogP contribution in [0, 0.1) is 28.6 Å². The number of nitriles is 1. The minimum absolute atomic E-state index is 0.00981. The molecule has 16 heavy (non-hydrogen) atoms. The highest BCUT2D eigenvalue weighted by molar-refractivity contribution is 5.84. The first-order valence-electron chi connectivity index (χ1n) is 6.16. The van der Waals surface area contributed by atoms with Gasteiger partial charge >= 0.3 is 0 Å². The molecule has 1 fully saturated rings. The summed E-state index contributed by atoms with van der Waals surface area (Å²) < 4.78 is 0. The van der Waals surface area contributed by atoms with Crippen LogP contribution < -0.4 is 0 Å². The third kappa shape index (κ3) is 2.37. The molecule has 0 aromatic heterocycles. The molecule has 3 nitrogen and oxygen atoms in total. The van der Waals surface area contributed by atoms with Crippen molar-refractivity contribution in [3.05, 3.63) is 0 Å². The number of carbonyl (C=O) groups excluding carboxylic acids is 1. The van der Waals surface area contributed by atoms with Crippen LogP contribution in [0.2, 0.25) is 0 Å². The lowest BCUT2D eigenvalue weighted by Crippen LogP contribution is -2.39. The van der Waals surface area contributed by atoms with E-state index < -0.39 is 5.41 Å². The second-order valence-electron chi connectivity index (χ2n) is 5.28. The van der Waals surface area contributed by atoms with E-state index in [-0.39, 0.29) is 5.91 Å². The summed E-state index contributed by atoms with van der Waals surface area (Å²) in [6.07, 6.45) is 2.24. The first kappa shape index (κ1) is 13.0. The normalized spacial score (nSPS) is 25.6. The number of hydrogen-bond donors (Lipinski definition) is 0. The summed E-state index contributed by atoms with van der Waals surface area (Å²) in [7, 11) is 0. The Kier molecular flexibility index (Phi) is 3.96. The van der Waals surface area contributed by atoms with Gasteiger partial charge in [-0.3, -0.25) is 4.79 Å². The van der Waals surface area contributed by atoms with E-state index in [0.29, 0.717) is 11.8 Å². The van der Waals surface area contributed by atoms with Gasteiger partial charge in [-0.05, 0) is 25.7 Å². The number of likely N-dealkylation sites (tertiary alicyclic amines) is 1. The number of carbonyl (C=O) groups is 1. The summed E-state index contributed by atoms with van der Waals surface area (Å²) >= 11 is 0. The van der Waals surface area contributed by atoms with Gasteiger partial charge in [-0.1, -0.05) is 26.7 Å². The molecule has 0 saturated carbocycles. The standard InChI is InChI=1S/C13H22N2O/c1-5-10-7-15(8-11(10)6-2)12(16)13(3,4)9-14/h10-11H,5-8H2,1-4H3. The summed E-state index contributed by atoms with van der Waals surface area (Å²) in [5.41, 5.74) is -0.874. The smallest absolute Gasteiger partial charge is 0.242 e. The molecular formula is C13H22N2O. The van der Waals surface area contributed by atoms with Crippen molar-refractivity contribution >= 4 is 5.91 Å². The number of nitrogens with zero attached hydrogens (tertiary/aromatic N) is 2. The lowest BCUT2D eigenvalue weighted by Gasteiger charge is -2.23. The second kappa shape index (κ2) is 4.86. The van der Waals surface area contributed by atoms with E-state index in [0.717, 1.165) is 25.9 Å². The molecule has 0 aliphatic carbocycles. The molecule has 1 aliphatic heterocycles. The number of rotatable bonds is 3. The zero-order valence-corrected chi connectivity index (χ0v) is 10.8. The third-order valence-electron chi connectivity index (χ3n) is 3.73. The maximum absolute atomic E-state index is 12.1. The van der Waals surface area contributed by atoms with Gasteiger partial charge in [0.25, 0.3) is 0 Å². The Labute approximate surface area is 98.4 Å². The monoisotopic (exact) mass is 222 g/mol. The number of hydrogen-bond acceptors (Lipinski definition) is 2. The van der Waals surface area contributed by atoms with Crippen LogP contribution in [0.1, 0.15) is 40.5 Å². The molecule has 0 spiro atoms. The Morgan fingerprint density at radius 2 is 1.75 bits per heavy atom. The highest BCUT2D eigenvalue weighted by atomic mass is 16.2. The molecule has 0 N–H and O–H groups in total. The Morgan fingerprint density at radius 3 is 2.06 bits per heavy atom. The van der Waals surface area contributed by atoms with Crippen LogP contribution in [0.4, 0.5) is 0 Å². The van der Waals surface area contributed by atoms with Gasteiger partial charge in [-0.2, -0.15) is 5.26 Å². The first-order chi connectivity index (χ1) is 7.46. The van der Waals surface area contributed by atoms with Crippen LogP contribution in [0.3, 0.4) is 0 Å². The molecule has 2 atom stereocenters. The number of amides is 1. The van der Waals surface area contributed by atoms with Crippen LogP contribution in [0.15, 0.2) is 0 Å². The van der Waals surface area contributed by atoms with Gasteiger partial charge in [-0.25, -0.2) is 0 Å². The van der Waals surface area contributed by atoms with E-state index in [1.54, 1.807) is 13.8 Å². The van der Waals surface area contributed by atoms with Crippen molar-refractivity contribution in [2.24, 2.45) is 17.3 Å². The van der Waals surface area contributed by atoms with Gasteiger partial charge in [0.05, 0.1) is 6.07 Å². The molecular weight excluding hydrogens is 200 g/mol. The van der Waals surface area contributed by atoms with E-state index in [2.05, 4.69) is 19.9 Å². The molecule has 2 unspecified atom stereocenters. The molecule has 0 radical (unpaired) electrons. The lowest BCUT2D eigenvalue weighted by molar-refractivity contribution is -0.136. The Morgan fingerprint density at radius 1 is 1.31 bits per heavy atom. The fourth-order valence-electron chi connectivity index (χ4n) is 2.47. The fraction of sp³-hybridized carbons (Fsp3) is 0.846. The van der Waals surface area contributed by atoms with Crippen LogP contribution in [-0.2, 0) is 4.79 Å². The van der Waals surface area contributed by atoms with E-state index >= 15 is 0 Å². The fourth-order valence-corrected chi connectivity index (χ4v) is 2.47. The van der Waals surface area contributed by atoms with Crippen LogP contribution >= 0.6 is 0 Å². The minimum atomic E-state index is -0.874. The summed E-state index contributed by atoms with van der Waals surface area (Å²) in [5, 5.41) is 8.97. The van der Waals surface area contributed by atoms with Gasteiger partial charge in [-0.15, -0.1) is 0 Å². The van der Waals surface area contributed by atoms with Gasteiger partial charge in [0.2, 0.25) is 5.91 Å². The zero-order chi connectivity index (χ0) is 12.3. The van der Waals surface area contributed by atoms with Gasteiger partial charge < -0.3 is 4.90 Å². The second-order valence-corrected chi connectivity index (χ2v) is 5.28. The maximum atomic E-state index is 12.1. The van der Waals surface area contributed by atoms with E-state index in [4.69, 9.17) is 5.26 Å². The topological polar surface area (TPSA) is 44.1 Å². The van der Waals surface area contributed by atoms with Crippen molar-refractivity contribution in [2.45, 2.75) is 40.5 Å². The van der Waals surface area contributed by atoms with Crippen LogP contribution in [0.5, 0.6) is 0 Å². The largest absolute Gasteiger partial charge is 0.341 e. The quantitative estimate of drug-likeness (QED) is 0.736. The van der Waals surface area contributed by atoms with Gasteiger partial charge in [0.1, 0.15) is 5.41 Å². The Balaban J connectivity index is 2.72. The average Bonchev–Trinajstić information content (AvgIpc) is 2.70. The molecule has 1 saturated heterocycles. The molecule has 1 rings (SSSR count). The third-order valence-corrected chi connectivity index (χ3v) is 3.73. The maximum Gasteiger partial charge on any atom is 0.242 e. The summed E-state index contributed by atoms with van der Waals surface area (Å²) in [6.45, 7) is 9.43.